The van der Waals surface area contributed by atoms with Gasteiger partial charge in [0.05, 0.1) is 0 Å². The minimum atomic E-state index is -5.92. The highest BCUT2D eigenvalue weighted by Crippen LogP contribution is 2.33. The van der Waals surface area contributed by atoms with Gasteiger partial charge >= 0.3 is 21.3 Å². The first kappa shape index (κ1) is 17.0. The molecule has 0 saturated carbocycles. The topological polar surface area (TPSA) is 90.7 Å². The molecule has 0 N–H and O–H groups in total. The van der Waals surface area contributed by atoms with E-state index in [1.165, 1.54) is 6.07 Å². The molecule has 10 heteroatoms. The quantitative estimate of drug-likeness (QED) is 0.363. The molecule has 2 rings (SSSR count). The monoisotopic (exact) mass is 350 g/mol. The maximum atomic E-state index is 12.4. The van der Waals surface area contributed by atoms with E-state index in [9.17, 15) is 31.2 Å². The SMILES string of the molecule is Cc1cc(=O)oc2c(CC=O)c(OS(=O)(=O)C(F)(F)F)ccc12. The fourth-order valence-electron chi connectivity index (χ4n) is 1.94. The van der Waals surface area contributed by atoms with Gasteiger partial charge in [-0.3, -0.25) is 0 Å². The Balaban J connectivity index is 2.73. The lowest BCUT2D eigenvalue weighted by Crippen LogP contribution is -2.28. The average molecular weight is 350 g/mol. The summed E-state index contributed by atoms with van der Waals surface area (Å²) in [7, 11) is -5.92. The van der Waals surface area contributed by atoms with Crippen molar-refractivity contribution in [1.29, 1.82) is 0 Å². The van der Waals surface area contributed by atoms with E-state index in [2.05, 4.69) is 4.18 Å². The number of hydrogen-bond acceptors (Lipinski definition) is 6. The van der Waals surface area contributed by atoms with Crippen LogP contribution in [0.15, 0.2) is 27.4 Å². The number of fused-ring (bicyclic) bond motifs is 1. The predicted molar refractivity (Wildman–Crippen MR) is 72.6 cm³/mol. The normalized spacial score (nSPS) is 12.3. The van der Waals surface area contributed by atoms with Crippen LogP contribution in [-0.4, -0.2) is 20.2 Å². The smallest absolute Gasteiger partial charge is 0.422 e. The molecule has 23 heavy (non-hydrogen) atoms. The third-order valence-corrected chi connectivity index (χ3v) is 3.92. The van der Waals surface area contributed by atoms with Gasteiger partial charge < -0.3 is 13.4 Å². The molecule has 0 bridgehead atoms. The molecule has 0 aliphatic heterocycles. The van der Waals surface area contributed by atoms with E-state index in [-0.39, 0.29) is 11.1 Å². The Morgan fingerprint density at radius 2 is 1.96 bits per heavy atom. The molecule has 0 radical (unpaired) electrons. The van der Waals surface area contributed by atoms with Crippen LogP contribution in [0.25, 0.3) is 11.0 Å². The lowest BCUT2D eigenvalue weighted by atomic mass is 10.0. The Kier molecular flexibility index (Phi) is 4.20. The summed E-state index contributed by atoms with van der Waals surface area (Å²) in [4.78, 5) is 22.2. The molecule has 0 fully saturated rings. The first-order valence-electron chi connectivity index (χ1n) is 6.07. The summed E-state index contributed by atoms with van der Waals surface area (Å²) in [5.41, 5.74) is -6.43. The molecular formula is C13H9F3O6S. The van der Waals surface area contributed by atoms with Crippen LogP contribution in [0.3, 0.4) is 0 Å². The fourth-order valence-corrected chi connectivity index (χ4v) is 2.43. The number of rotatable bonds is 4. The number of benzene rings is 1. The lowest BCUT2D eigenvalue weighted by molar-refractivity contribution is -0.107. The highest BCUT2D eigenvalue weighted by Gasteiger charge is 2.48. The Morgan fingerprint density at radius 1 is 1.30 bits per heavy atom. The summed E-state index contributed by atoms with van der Waals surface area (Å²) in [5, 5.41) is 0.346. The highest BCUT2D eigenvalue weighted by atomic mass is 32.2. The van der Waals surface area contributed by atoms with Gasteiger partial charge in [-0.15, -0.1) is 0 Å². The molecule has 0 aliphatic carbocycles. The molecule has 0 amide bonds. The van der Waals surface area contributed by atoms with Crippen molar-refractivity contribution in [2.45, 2.75) is 18.9 Å². The molecular weight excluding hydrogens is 341 g/mol. The number of alkyl halides is 3. The van der Waals surface area contributed by atoms with Crippen LogP contribution in [0, 0.1) is 6.92 Å². The van der Waals surface area contributed by atoms with Crippen LogP contribution in [0.1, 0.15) is 11.1 Å². The van der Waals surface area contributed by atoms with Crippen molar-refractivity contribution in [1.82, 2.24) is 0 Å². The lowest BCUT2D eigenvalue weighted by Gasteiger charge is -2.13. The summed E-state index contributed by atoms with van der Waals surface area (Å²) < 4.78 is 68.5. The molecule has 124 valence electrons. The minimum Gasteiger partial charge on any atom is -0.422 e. The van der Waals surface area contributed by atoms with E-state index in [0.717, 1.165) is 12.1 Å². The zero-order valence-corrected chi connectivity index (χ0v) is 12.3. The van der Waals surface area contributed by atoms with E-state index in [4.69, 9.17) is 4.42 Å². The Labute approximate surface area is 127 Å². The molecule has 0 aliphatic rings. The van der Waals surface area contributed by atoms with Gasteiger partial charge in [0.15, 0.2) is 0 Å². The standard InChI is InChI=1S/C13H9F3O6S/c1-7-6-11(18)21-12-8(7)2-3-10(9(12)4-5-17)22-23(19,20)13(14,15)16/h2-3,5-6H,4H2,1H3. The third kappa shape index (κ3) is 3.21. The van der Waals surface area contributed by atoms with Crippen molar-refractivity contribution < 1.29 is 35.0 Å². The number of halogens is 3. The van der Waals surface area contributed by atoms with Gasteiger partial charge in [0.25, 0.3) is 0 Å². The van der Waals surface area contributed by atoms with Gasteiger partial charge in [0, 0.05) is 23.4 Å². The number of carbonyl (C=O) groups excluding carboxylic acids is 1. The van der Waals surface area contributed by atoms with Crippen molar-refractivity contribution in [2.24, 2.45) is 0 Å². The summed E-state index contributed by atoms with van der Waals surface area (Å²) in [6.07, 6.45) is -0.170. The average Bonchev–Trinajstić information content (AvgIpc) is 2.40. The van der Waals surface area contributed by atoms with E-state index in [1.807, 2.05) is 0 Å². The summed E-state index contributed by atoms with van der Waals surface area (Å²) in [6, 6.07) is 3.36. The highest BCUT2D eigenvalue weighted by molar-refractivity contribution is 7.88. The van der Waals surface area contributed by atoms with Crippen LogP contribution in [0.5, 0.6) is 5.75 Å². The summed E-state index contributed by atoms with van der Waals surface area (Å²) >= 11 is 0. The van der Waals surface area contributed by atoms with Crippen molar-refractivity contribution >= 4 is 27.4 Å². The van der Waals surface area contributed by atoms with Gasteiger partial charge in [-0.25, -0.2) is 4.79 Å². The second-order valence-electron chi connectivity index (χ2n) is 4.52. The number of hydrogen-bond donors (Lipinski definition) is 0. The van der Waals surface area contributed by atoms with Crippen LogP contribution in [0.2, 0.25) is 0 Å². The fraction of sp³-hybridized carbons (Fsp3) is 0.231. The molecule has 0 atom stereocenters. The maximum Gasteiger partial charge on any atom is 0.534 e. The van der Waals surface area contributed by atoms with Crippen LogP contribution in [0.4, 0.5) is 13.2 Å². The molecule has 1 aromatic carbocycles. The van der Waals surface area contributed by atoms with E-state index >= 15 is 0 Å². The van der Waals surface area contributed by atoms with E-state index < -0.39 is 33.4 Å². The Morgan fingerprint density at radius 3 is 2.52 bits per heavy atom. The molecule has 6 nitrogen and oxygen atoms in total. The van der Waals surface area contributed by atoms with Crippen LogP contribution < -0.4 is 9.81 Å². The number of aryl methyl sites for hydroxylation is 1. The maximum absolute atomic E-state index is 12.4. The summed E-state index contributed by atoms with van der Waals surface area (Å²) in [6.45, 7) is 1.55. The van der Waals surface area contributed by atoms with Gasteiger partial charge in [-0.2, -0.15) is 21.6 Å². The Hall–Kier alpha value is -2.36. The van der Waals surface area contributed by atoms with Gasteiger partial charge in [-0.05, 0) is 24.6 Å². The first-order chi connectivity index (χ1) is 10.6. The van der Waals surface area contributed by atoms with Crippen molar-refractivity contribution in [3.63, 3.8) is 0 Å². The van der Waals surface area contributed by atoms with Crippen molar-refractivity contribution in [3.8, 4) is 5.75 Å². The first-order valence-corrected chi connectivity index (χ1v) is 7.48. The number of carbonyl (C=O) groups is 1. The molecule has 0 spiro atoms. The molecule has 0 unspecified atom stereocenters. The van der Waals surface area contributed by atoms with E-state index in [0.29, 0.717) is 17.2 Å². The molecule has 0 saturated heterocycles. The predicted octanol–water partition coefficient (Wildman–Crippen LogP) is 2.07. The number of aldehydes is 1. The van der Waals surface area contributed by atoms with Crippen molar-refractivity contribution in [2.75, 3.05) is 0 Å². The Bertz CT molecular complexity index is 927. The zero-order chi connectivity index (χ0) is 17.4. The second kappa shape index (κ2) is 5.69. The molecule has 1 aromatic heterocycles. The zero-order valence-electron chi connectivity index (χ0n) is 11.5. The second-order valence-corrected chi connectivity index (χ2v) is 6.06. The van der Waals surface area contributed by atoms with Gasteiger partial charge in [0.2, 0.25) is 0 Å². The minimum absolute atomic E-state index is 0.197. The van der Waals surface area contributed by atoms with Crippen LogP contribution >= 0.6 is 0 Å². The van der Waals surface area contributed by atoms with Gasteiger partial charge in [0.1, 0.15) is 17.6 Å². The molecule has 1 heterocycles. The van der Waals surface area contributed by atoms with Crippen LogP contribution in [-0.2, 0) is 21.3 Å². The van der Waals surface area contributed by atoms with Gasteiger partial charge in [-0.1, -0.05) is 0 Å². The largest absolute Gasteiger partial charge is 0.534 e. The van der Waals surface area contributed by atoms with Crippen molar-refractivity contribution in [3.05, 3.63) is 39.7 Å². The van der Waals surface area contributed by atoms with E-state index in [1.54, 1.807) is 6.92 Å². The third-order valence-electron chi connectivity index (χ3n) is 2.95. The molecule has 2 aromatic rings. The summed E-state index contributed by atoms with van der Waals surface area (Å²) in [5.74, 6) is -0.726.